The summed E-state index contributed by atoms with van der Waals surface area (Å²) < 4.78 is 0. The Morgan fingerprint density at radius 2 is 2.37 bits per heavy atom. The van der Waals surface area contributed by atoms with Crippen molar-refractivity contribution in [3.63, 3.8) is 0 Å². The van der Waals surface area contributed by atoms with Crippen LogP contribution in [0.3, 0.4) is 0 Å². The van der Waals surface area contributed by atoms with Gasteiger partial charge in [-0.2, -0.15) is 5.26 Å². The number of carboxylic acid groups (broad SMARTS) is 1. The Balaban J connectivity index is 2.29. The first-order valence-electron chi connectivity index (χ1n) is 6.39. The number of fused-ring (bicyclic) bond motifs is 1. The van der Waals surface area contributed by atoms with Crippen LogP contribution in [0.2, 0.25) is 0 Å². The molecule has 1 unspecified atom stereocenters. The van der Waals surface area contributed by atoms with Crippen molar-refractivity contribution >= 4 is 11.8 Å². The Morgan fingerprint density at radius 3 is 3.00 bits per heavy atom. The Morgan fingerprint density at radius 1 is 1.63 bits per heavy atom. The van der Waals surface area contributed by atoms with E-state index in [1.165, 1.54) is 0 Å². The summed E-state index contributed by atoms with van der Waals surface area (Å²) in [5, 5.41) is 18.2. The second kappa shape index (κ2) is 5.27. The summed E-state index contributed by atoms with van der Waals surface area (Å²) in [6, 6.07) is 4.05. The first-order chi connectivity index (χ1) is 9.02. The molecule has 0 fully saturated rings. The first kappa shape index (κ1) is 13.3. The van der Waals surface area contributed by atoms with Crippen LogP contribution in [-0.2, 0) is 17.6 Å². The van der Waals surface area contributed by atoms with Gasteiger partial charge in [0.05, 0.1) is 11.5 Å². The summed E-state index contributed by atoms with van der Waals surface area (Å²) >= 11 is 0. The summed E-state index contributed by atoms with van der Waals surface area (Å²) in [5.74, 6) is -0.741. The van der Waals surface area contributed by atoms with Crippen LogP contribution < -0.4 is 4.90 Å². The third-order valence-corrected chi connectivity index (χ3v) is 3.48. The number of carboxylic acids is 1. The number of nitriles is 1. The van der Waals surface area contributed by atoms with Gasteiger partial charge in [0.2, 0.25) is 0 Å². The van der Waals surface area contributed by atoms with E-state index >= 15 is 0 Å². The SMILES string of the molecule is CC(CN(C)c1nc2c(cc1C#N)CCC2)C(=O)O. The van der Waals surface area contributed by atoms with Gasteiger partial charge in [0.1, 0.15) is 11.9 Å². The van der Waals surface area contributed by atoms with Crippen LogP contribution >= 0.6 is 0 Å². The summed E-state index contributed by atoms with van der Waals surface area (Å²) in [4.78, 5) is 17.2. The van der Waals surface area contributed by atoms with Gasteiger partial charge in [-0.25, -0.2) is 4.98 Å². The molecule has 1 aliphatic rings. The Hall–Kier alpha value is -2.09. The van der Waals surface area contributed by atoms with Crippen molar-refractivity contribution in [2.75, 3.05) is 18.5 Å². The molecule has 0 amide bonds. The minimum atomic E-state index is -0.841. The molecule has 2 rings (SSSR count). The van der Waals surface area contributed by atoms with Gasteiger partial charge < -0.3 is 10.0 Å². The molecule has 1 N–H and O–H groups in total. The maximum absolute atomic E-state index is 10.9. The Kier molecular flexibility index (Phi) is 3.70. The lowest BCUT2D eigenvalue weighted by atomic mass is 10.1. The van der Waals surface area contributed by atoms with E-state index in [4.69, 9.17) is 5.11 Å². The molecular weight excluding hydrogens is 242 g/mol. The van der Waals surface area contributed by atoms with E-state index in [9.17, 15) is 10.1 Å². The summed E-state index contributed by atoms with van der Waals surface area (Å²) in [7, 11) is 1.78. The zero-order valence-corrected chi connectivity index (χ0v) is 11.2. The lowest BCUT2D eigenvalue weighted by Crippen LogP contribution is -2.29. The van der Waals surface area contributed by atoms with Crippen LogP contribution in [0, 0.1) is 17.2 Å². The van der Waals surface area contributed by atoms with Crippen LogP contribution in [-0.4, -0.2) is 29.7 Å². The monoisotopic (exact) mass is 259 g/mol. The minimum Gasteiger partial charge on any atom is -0.481 e. The number of hydrogen-bond acceptors (Lipinski definition) is 4. The molecule has 0 aliphatic heterocycles. The van der Waals surface area contributed by atoms with E-state index < -0.39 is 11.9 Å². The normalized spacial score (nSPS) is 14.6. The molecular formula is C14H17N3O2. The number of aryl methyl sites for hydroxylation is 2. The van der Waals surface area contributed by atoms with Gasteiger partial charge in [0.25, 0.3) is 0 Å². The van der Waals surface area contributed by atoms with E-state index in [1.54, 1.807) is 18.9 Å². The Bertz CT molecular complexity index is 548. The number of anilines is 1. The molecule has 1 aliphatic carbocycles. The highest BCUT2D eigenvalue weighted by Gasteiger charge is 2.21. The average Bonchev–Trinajstić information content (AvgIpc) is 2.83. The van der Waals surface area contributed by atoms with E-state index in [-0.39, 0.29) is 0 Å². The molecule has 5 nitrogen and oxygen atoms in total. The summed E-state index contributed by atoms with van der Waals surface area (Å²) in [6.45, 7) is 1.99. The maximum Gasteiger partial charge on any atom is 0.308 e. The third-order valence-electron chi connectivity index (χ3n) is 3.48. The van der Waals surface area contributed by atoms with Crippen LogP contribution in [0.15, 0.2) is 6.07 Å². The van der Waals surface area contributed by atoms with Crippen molar-refractivity contribution in [3.05, 3.63) is 22.9 Å². The second-order valence-electron chi connectivity index (χ2n) is 5.05. The lowest BCUT2D eigenvalue weighted by molar-refractivity contribution is -0.140. The molecule has 0 aromatic carbocycles. The van der Waals surface area contributed by atoms with E-state index in [2.05, 4.69) is 11.1 Å². The molecule has 100 valence electrons. The highest BCUT2D eigenvalue weighted by atomic mass is 16.4. The fourth-order valence-electron chi connectivity index (χ4n) is 2.41. The predicted octanol–water partition coefficient (Wildman–Crippen LogP) is 1.60. The van der Waals surface area contributed by atoms with Crippen molar-refractivity contribution in [3.8, 4) is 6.07 Å². The highest BCUT2D eigenvalue weighted by molar-refractivity contribution is 5.70. The van der Waals surface area contributed by atoms with Gasteiger partial charge in [-0.1, -0.05) is 6.92 Å². The van der Waals surface area contributed by atoms with E-state index in [0.29, 0.717) is 17.9 Å². The van der Waals surface area contributed by atoms with Crippen LogP contribution in [0.5, 0.6) is 0 Å². The first-order valence-corrected chi connectivity index (χ1v) is 6.39. The van der Waals surface area contributed by atoms with Crippen molar-refractivity contribution in [2.45, 2.75) is 26.2 Å². The van der Waals surface area contributed by atoms with E-state index in [1.807, 2.05) is 6.07 Å². The number of pyridine rings is 1. The molecule has 0 saturated carbocycles. The lowest BCUT2D eigenvalue weighted by Gasteiger charge is -2.22. The van der Waals surface area contributed by atoms with Gasteiger partial charge in [-0.3, -0.25) is 4.79 Å². The largest absolute Gasteiger partial charge is 0.481 e. The molecule has 0 radical (unpaired) electrons. The third kappa shape index (κ3) is 2.68. The topological polar surface area (TPSA) is 77.2 Å². The number of aromatic nitrogens is 1. The quantitative estimate of drug-likeness (QED) is 0.888. The second-order valence-corrected chi connectivity index (χ2v) is 5.05. The molecule has 19 heavy (non-hydrogen) atoms. The maximum atomic E-state index is 10.9. The molecule has 0 bridgehead atoms. The van der Waals surface area contributed by atoms with Gasteiger partial charge in [-0.05, 0) is 30.9 Å². The fourth-order valence-corrected chi connectivity index (χ4v) is 2.41. The Labute approximate surface area is 112 Å². The zero-order valence-electron chi connectivity index (χ0n) is 11.2. The minimum absolute atomic E-state index is 0.343. The zero-order chi connectivity index (χ0) is 14.0. The smallest absolute Gasteiger partial charge is 0.308 e. The molecule has 5 heteroatoms. The summed E-state index contributed by atoms with van der Waals surface area (Å²) in [6.07, 6.45) is 2.99. The number of hydrogen-bond donors (Lipinski definition) is 1. The molecule has 0 saturated heterocycles. The standard InChI is InChI=1S/C14H17N3O2/c1-9(14(18)19)8-17(2)13-11(7-15)6-10-4-3-5-12(10)16-13/h6,9H,3-5,8H2,1-2H3,(H,18,19). The van der Waals surface area contributed by atoms with Gasteiger partial charge in [0, 0.05) is 19.3 Å². The number of carbonyl (C=O) groups is 1. The van der Waals surface area contributed by atoms with E-state index in [0.717, 1.165) is 30.5 Å². The number of aliphatic carboxylic acids is 1. The van der Waals surface area contributed by atoms with Crippen molar-refractivity contribution in [1.82, 2.24) is 4.98 Å². The van der Waals surface area contributed by atoms with Crippen molar-refractivity contribution in [2.24, 2.45) is 5.92 Å². The molecule has 0 spiro atoms. The average molecular weight is 259 g/mol. The van der Waals surface area contributed by atoms with Gasteiger partial charge >= 0.3 is 5.97 Å². The summed E-state index contributed by atoms with van der Waals surface area (Å²) in [5.41, 5.74) is 2.73. The highest BCUT2D eigenvalue weighted by Crippen LogP contribution is 2.26. The van der Waals surface area contributed by atoms with Crippen LogP contribution in [0.25, 0.3) is 0 Å². The number of rotatable bonds is 4. The van der Waals surface area contributed by atoms with Crippen molar-refractivity contribution in [1.29, 1.82) is 5.26 Å². The molecule has 1 heterocycles. The molecule has 1 atom stereocenters. The van der Waals surface area contributed by atoms with Crippen LogP contribution in [0.4, 0.5) is 5.82 Å². The number of nitrogens with zero attached hydrogens (tertiary/aromatic N) is 3. The van der Waals surface area contributed by atoms with Gasteiger partial charge in [0.15, 0.2) is 0 Å². The molecule has 1 aromatic heterocycles. The molecule has 1 aromatic rings. The van der Waals surface area contributed by atoms with Crippen molar-refractivity contribution < 1.29 is 9.90 Å². The van der Waals surface area contributed by atoms with Crippen LogP contribution in [0.1, 0.15) is 30.2 Å². The predicted molar refractivity (Wildman–Crippen MR) is 71.0 cm³/mol. The van der Waals surface area contributed by atoms with Gasteiger partial charge in [-0.15, -0.1) is 0 Å². The fraction of sp³-hybridized carbons (Fsp3) is 0.500.